The lowest BCUT2D eigenvalue weighted by Crippen LogP contribution is -2.39. The van der Waals surface area contributed by atoms with Crippen LogP contribution in [0.4, 0.5) is 15.3 Å². The molecule has 0 unspecified atom stereocenters. The normalized spacial score (nSPS) is 15.6. The molecule has 9 nitrogen and oxygen atoms in total. The lowest BCUT2D eigenvalue weighted by Gasteiger charge is -2.32. The first-order chi connectivity index (χ1) is 17.9. The van der Waals surface area contributed by atoms with Crippen molar-refractivity contribution in [3.8, 4) is 0 Å². The van der Waals surface area contributed by atoms with Gasteiger partial charge in [0, 0.05) is 18.3 Å². The van der Waals surface area contributed by atoms with Crippen molar-refractivity contribution >= 4 is 35.3 Å². The number of likely N-dealkylation sites (tertiary alicyclic amines) is 1. The van der Waals surface area contributed by atoms with Crippen molar-refractivity contribution in [2.45, 2.75) is 82.2 Å². The van der Waals surface area contributed by atoms with Crippen LogP contribution in [0.5, 0.6) is 0 Å². The van der Waals surface area contributed by atoms with Crippen molar-refractivity contribution in [3.05, 3.63) is 53.9 Å². The number of ether oxygens (including phenoxy) is 1. The molecule has 1 aliphatic rings. The summed E-state index contributed by atoms with van der Waals surface area (Å²) in [5.74, 6) is 0.172. The highest BCUT2D eigenvalue weighted by molar-refractivity contribution is 7.99. The van der Waals surface area contributed by atoms with E-state index in [4.69, 9.17) is 14.8 Å². The zero-order valence-electron chi connectivity index (χ0n) is 22.9. The van der Waals surface area contributed by atoms with Crippen molar-refractivity contribution in [2.75, 3.05) is 18.0 Å². The van der Waals surface area contributed by atoms with E-state index in [0.29, 0.717) is 24.4 Å². The van der Waals surface area contributed by atoms with E-state index in [1.54, 1.807) is 16.7 Å². The molecule has 3 heterocycles. The van der Waals surface area contributed by atoms with E-state index in [0.717, 1.165) is 29.1 Å². The van der Waals surface area contributed by atoms with Crippen molar-refractivity contribution in [3.63, 3.8) is 0 Å². The topological polar surface area (TPSA) is 100 Å². The molecular weight excluding hydrogens is 502 g/mol. The number of imidazole rings is 1. The third kappa shape index (κ3) is 6.23. The molecule has 204 valence electrons. The minimum atomic E-state index is -0.877. The van der Waals surface area contributed by atoms with Gasteiger partial charge in [0.15, 0.2) is 5.65 Å². The summed E-state index contributed by atoms with van der Waals surface area (Å²) in [6.07, 6.45) is 1.96. The van der Waals surface area contributed by atoms with Crippen LogP contribution in [-0.2, 0) is 4.74 Å². The zero-order valence-corrected chi connectivity index (χ0v) is 23.7. The summed E-state index contributed by atoms with van der Waals surface area (Å²) in [5.41, 5.74) is 2.46. The number of carbonyl (C=O) groups excluding carboxylic acids is 1. The Morgan fingerprint density at radius 1 is 1.13 bits per heavy atom. The number of fused-ring (bicyclic) bond motifs is 1. The van der Waals surface area contributed by atoms with Crippen LogP contribution in [0, 0.1) is 0 Å². The Morgan fingerprint density at radius 3 is 2.37 bits per heavy atom. The average Bonchev–Trinajstić information content (AvgIpc) is 3.28. The number of carbonyl (C=O) groups is 2. The number of anilines is 1. The van der Waals surface area contributed by atoms with E-state index >= 15 is 0 Å². The fraction of sp³-hybridized carbons (Fsp3) is 0.500. The van der Waals surface area contributed by atoms with Gasteiger partial charge in [0.1, 0.15) is 10.6 Å². The quantitative estimate of drug-likeness (QED) is 0.377. The van der Waals surface area contributed by atoms with Gasteiger partial charge in [0.05, 0.1) is 23.6 Å². The molecule has 1 atom stereocenters. The van der Waals surface area contributed by atoms with Gasteiger partial charge in [-0.3, -0.25) is 4.90 Å². The van der Waals surface area contributed by atoms with Crippen molar-refractivity contribution in [2.24, 2.45) is 0 Å². The van der Waals surface area contributed by atoms with Crippen LogP contribution in [0.2, 0.25) is 0 Å². The molecule has 2 amide bonds. The molecule has 1 N–H and O–H groups in total. The molecule has 4 rings (SSSR count). The maximum absolute atomic E-state index is 13.7. The first kappa shape index (κ1) is 27.8. The predicted octanol–water partition coefficient (Wildman–Crippen LogP) is 6.59. The van der Waals surface area contributed by atoms with Gasteiger partial charge in [-0.15, -0.1) is 11.8 Å². The molecule has 0 aliphatic carbocycles. The van der Waals surface area contributed by atoms with E-state index < -0.39 is 17.8 Å². The Bertz CT molecular complexity index is 1280. The van der Waals surface area contributed by atoms with Crippen LogP contribution < -0.4 is 4.90 Å². The Kier molecular flexibility index (Phi) is 8.20. The van der Waals surface area contributed by atoms with E-state index in [1.165, 1.54) is 4.90 Å². The van der Waals surface area contributed by atoms with Crippen LogP contribution in [0.25, 0.3) is 5.65 Å². The van der Waals surface area contributed by atoms with Crippen LogP contribution in [-0.4, -0.2) is 60.7 Å². The Morgan fingerprint density at radius 2 is 1.79 bits per heavy atom. The largest absolute Gasteiger partial charge is 0.465 e. The Hall–Kier alpha value is -3.27. The minimum Gasteiger partial charge on any atom is -0.465 e. The Balaban J connectivity index is 1.79. The smallest absolute Gasteiger partial charge is 0.415 e. The lowest BCUT2D eigenvalue weighted by molar-refractivity contribution is 0.0567. The molecule has 0 radical (unpaired) electrons. The number of aromatic nitrogens is 3. The molecular formula is C28H37N5O4S. The monoisotopic (exact) mass is 539 g/mol. The van der Waals surface area contributed by atoms with E-state index in [9.17, 15) is 14.7 Å². The summed E-state index contributed by atoms with van der Waals surface area (Å²) in [4.78, 5) is 32.9. The number of hydrogen-bond acceptors (Lipinski definition) is 6. The van der Waals surface area contributed by atoms with Gasteiger partial charge < -0.3 is 14.7 Å². The van der Waals surface area contributed by atoms with Crippen LogP contribution in [0.3, 0.4) is 0 Å². The second-order valence-corrected chi connectivity index (χ2v) is 12.3. The van der Waals surface area contributed by atoms with Crippen LogP contribution in [0.15, 0.2) is 47.6 Å². The van der Waals surface area contributed by atoms with E-state index in [1.807, 2.05) is 74.8 Å². The van der Waals surface area contributed by atoms with Gasteiger partial charge in [-0.05, 0) is 58.1 Å². The molecule has 1 aromatic carbocycles. The summed E-state index contributed by atoms with van der Waals surface area (Å²) in [5, 5.41) is 15.2. The van der Waals surface area contributed by atoms with Crippen molar-refractivity contribution in [1.29, 1.82) is 0 Å². The third-order valence-electron chi connectivity index (χ3n) is 6.56. The van der Waals surface area contributed by atoms with Crippen molar-refractivity contribution < 1.29 is 19.4 Å². The zero-order chi connectivity index (χ0) is 27.6. The predicted molar refractivity (Wildman–Crippen MR) is 149 cm³/mol. The summed E-state index contributed by atoms with van der Waals surface area (Å²) >= 11 is 1.62. The second kappa shape index (κ2) is 11.2. The van der Waals surface area contributed by atoms with Gasteiger partial charge in [0.25, 0.3) is 0 Å². The van der Waals surface area contributed by atoms with Crippen LogP contribution >= 0.6 is 11.8 Å². The van der Waals surface area contributed by atoms with E-state index in [-0.39, 0.29) is 17.2 Å². The fourth-order valence-corrected chi connectivity index (χ4v) is 5.67. The number of rotatable bonds is 6. The number of piperidine rings is 1. The molecule has 1 aliphatic heterocycles. The molecule has 2 aromatic heterocycles. The molecule has 0 bridgehead atoms. The van der Waals surface area contributed by atoms with Gasteiger partial charge in [-0.25, -0.2) is 19.1 Å². The number of carboxylic acid groups (broad SMARTS) is 1. The molecule has 38 heavy (non-hydrogen) atoms. The number of thioether (sulfide) groups is 1. The molecule has 10 heteroatoms. The molecule has 0 saturated carbocycles. The third-order valence-corrected chi connectivity index (χ3v) is 7.81. The number of benzene rings is 1. The highest BCUT2D eigenvalue weighted by Gasteiger charge is 2.32. The lowest BCUT2D eigenvalue weighted by atomic mass is 10.1. The number of amides is 2. The van der Waals surface area contributed by atoms with E-state index in [2.05, 4.69) is 13.8 Å². The SMILES string of the molecule is CC(C)c1cnc2c(N(C(=O)OC(C)(C)C)[C@@H](C)c3ccccc3)cc(SC3CCN(C(=O)O)CC3)nn12. The maximum Gasteiger partial charge on any atom is 0.415 e. The molecule has 1 saturated heterocycles. The second-order valence-electron chi connectivity index (χ2n) is 11.0. The molecule has 1 fully saturated rings. The average molecular weight is 540 g/mol. The van der Waals surface area contributed by atoms with Crippen molar-refractivity contribution in [1.82, 2.24) is 19.5 Å². The summed E-state index contributed by atoms with van der Waals surface area (Å²) in [7, 11) is 0. The minimum absolute atomic E-state index is 0.172. The highest BCUT2D eigenvalue weighted by atomic mass is 32.2. The summed E-state index contributed by atoms with van der Waals surface area (Å²) < 4.78 is 7.72. The van der Waals surface area contributed by atoms with Gasteiger partial charge in [-0.2, -0.15) is 5.10 Å². The van der Waals surface area contributed by atoms with Gasteiger partial charge in [0.2, 0.25) is 0 Å². The van der Waals surface area contributed by atoms with Crippen LogP contribution in [0.1, 0.15) is 77.6 Å². The van der Waals surface area contributed by atoms with Gasteiger partial charge in [-0.1, -0.05) is 44.2 Å². The number of hydrogen-bond donors (Lipinski definition) is 1. The first-order valence-electron chi connectivity index (χ1n) is 13.0. The number of nitrogens with zero attached hydrogens (tertiary/aromatic N) is 5. The maximum atomic E-state index is 13.7. The van der Waals surface area contributed by atoms with Gasteiger partial charge >= 0.3 is 12.2 Å². The fourth-order valence-electron chi connectivity index (χ4n) is 4.57. The summed E-state index contributed by atoms with van der Waals surface area (Å²) in [6.45, 7) is 12.7. The highest BCUT2D eigenvalue weighted by Crippen LogP contribution is 2.37. The standard InChI is InChI=1S/C28H37N5O4S/c1-18(2)23-17-29-25-22(16-24(30-33(23)25)38-21-12-14-31(15-13-21)26(34)35)32(27(36)37-28(4,5)6)19(3)20-10-8-7-9-11-20/h7-11,16-19,21H,12-15H2,1-6H3,(H,34,35)/t19-/m0/s1. The molecule has 0 spiro atoms. The Labute approximate surface area is 228 Å². The first-order valence-corrected chi connectivity index (χ1v) is 13.9. The summed E-state index contributed by atoms with van der Waals surface area (Å²) in [6, 6.07) is 11.5. The molecule has 3 aromatic rings.